The highest BCUT2D eigenvalue weighted by atomic mass is 32.1. The number of ether oxygens (including phenoxy) is 6. The van der Waals surface area contributed by atoms with E-state index in [0.717, 1.165) is 0 Å². The van der Waals surface area contributed by atoms with Crippen molar-refractivity contribution in [2.24, 2.45) is 0 Å². The van der Waals surface area contributed by atoms with Crippen LogP contribution >= 0.6 is 22.7 Å². The highest BCUT2D eigenvalue weighted by Crippen LogP contribution is 2.39. The molecule has 0 saturated carbocycles. The van der Waals surface area contributed by atoms with E-state index >= 15 is 0 Å². The first-order valence-electron chi connectivity index (χ1n) is 14.8. The maximum Gasteiger partial charge on any atom is 0.291 e. The van der Waals surface area contributed by atoms with Crippen LogP contribution in [0.1, 0.15) is 11.1 Å². The van der Waals surface area contributed by atoms with Crippen LogP contribution < -0.4 is 48.6 Å². The van der Waals surface area contributed by atoms with Gasteiger partial charge >= 0.3 is 0 Å². The van der Waals surface area contributed by atoms with Gasteiger partial charge < -0.3 is 28.4 Å². The summed E-state index contributed by atoms with van der Waals surface area (Å²) in [6, 6.07) is 14.3. The van der Waals surface area contributed by atoms with Gasteiger partial charge in [-0.3, -0.25) is 9.59 Å². The third kappa shape index (κ3) is 5.63. The monoisotopic (exact) mass is 712 g/mol. The minimum absolute atomic E-state index is 0.313. The fourth-order valence-corrected chi connectivity index (χ4v) is 7.20. The van der Waals surface area contributed by atoms with Crippen LogP contribution in [-0.2, 0) is 0 Å². The van der Waals surface area contributed by atoms with Gasteiger partial charge in [0.15, 0.2) is 34.6 Å². The lowest BCUT2D eigenvalue weighted by atomic mass is 10.1. The molecule has 4 aromatic heterocycles. The maximum absolute atomic E-state index is 13.3. The largest absolute Gasteiger partial charge is 0.493 e. The summed E-state index contributed by atoms with van der Waals surface area (Å²) in [5.74, 6) is 3.53. The fourth-order valence-electron chi connectivity index (χ4n) is 5.38. The summed E-state index contributed by atoms with van der Waals surface area (Å²) in [4.78, 5) is 36.7. The SMILES string of the molecule is COc1cc(/C=c2/sc3nc(-c4cccc(-c5nc6s/c(=C/c7cc(OC)c(OC)c(OC)c7)c(=O)n6n5)c4)nn3c2=O)cc(OC)c1OC. The molecular formula is C34H28N6O8S2. The van der Waals surface area contributed by atoms with Crippen molar-refractivity contribution in [3.8, 4) is 57.3 Å². The molecule has 0 aliphatic carbocycles. The minimum atomic E-state index is -0.313. The lowest BCUT2D eigenvalue weighted by Gasteiger charge is -2.12. The zero-order chi connectivity index (χ0) is 35.1. The summed E-state index contributed by atoms with van der Waals surface area (Å²) >= 11 is 2.42. The third-order valence-corrected chi connectivity index (χ3v) is 9.63. The average Bonchev–Trinajstić information content (AvgIpc) is 3.89. The Bertz CT molecular complexity index is 2420. The molecule has 0 aliphatic rings. The van der Waals surface area contributed by atoms with E-state index in [-0.39, 0.29) is 11.1 Å². The molecule has 50 heavy (non-hydrogen) atoms. The molecule has 3 aromatic carbocycles. The van der Waals surface area contributed by atoms with Crippen LogP contribution in [0.5, 0.6) is 34.5 Å². The van der Waals surface area contributed by atoms with E-state index in [9.17, 15) is 9.59 Å². The van der Waals surface area contributed by atoms with E-state index < -0.39 is 0 Å². The minimum Gasteiger partial charge on any atom is -0.493 e. The Kier molecular flexibility index (Phi) is 8.55. The van der Waals surface area contributed by atoms with E-state index in [1.54, 1.807) is 36.4 Å². The molecule has 4 heterocycles. The van der Waals surface area contributed by atoms with Gasteiger partial charge in [0.25, 0.3) is 11.1 Å². The predicted octanol–water partition coefficient (Wildman–Crippen LogP) is 3.10. The molecule has 0 unspecified atom stereocenters. The standard InChI is InChI=1S/C34H28N6O8S2/c1-43-21-10-17(11-22(44-2)27(21)47-5)14-25-31(41)39-33(49-25)35-29(37-39)19-8-7-9-20(16-19)30-36-34-40(38-30)32(42)26(50-34)15-18-12-23(45-3)28(48-6)24(13-18)46-4/h7-16H,1-6H3/b25-14+,26-15+. The van der Waals surface area contributed by atoms with Crippen molar-refractivity contribution >= 4 is 44.7 Å². The van der Waals surface area contributed by atoms with Crippen molar-refractivity contribution in [2.75, 3.05) is 42.7 Å². The highest BCUT2D eigenvalue weighted by Gasteiger charge is 2.18. The molecule has 0 radical (unpaired) electrons. The predicted molar refractivity (Wildman–Crippen MR) is 188 cm³/mol. The molecule has 16 heteroatoms. The Morgan fingerprint density at radius 3 is 1.26 bits per heavy atom. The first-order chi connectivity index (χ1) is 24.3. The number of methoxy groups -OCH3 is 6. The Morgan fingerprint density at radius 2 is 0.940 bits per heavy atom. The second-order valence-electron chi connectivity index (χ2n) is 10.6. The Morgan fingerprint density at radius 1 is 0.560 bits per heavy atom. The quantitative estimate of drug-likeness (QED) is 0.205. The van der Waals surface area contributed by atoms with Gasteiger partial charge in [-0.25, -0.2) is 0 Å². The van der Waals surface area contributed by atoms with Crippen LogP contribution in [0.3, 0.4) is 0 Å². The van der Waals surface area contributed by atoms with Crippen molar-refractivity contribution in [1.29, 1.82) is 0 Å². The van der Waals surface area contributed by atoms with E-state index in [1.807, 2.05) is 24.3 Å². The zero-order valence-corrected chi connectivity index (χ0v) is 29.2. The van der Waals surface area contributed by atoms with E-state index in [4.69, 9.17) is 28.4 Å². The van der Waals surface area contributed by atoms with Gasteiger partial charge in [-0.2, -0.15) is 19.0 Å². The number of aromatic nitrogens is 6. The second kappa shape index (κ2) is 13.1. The number of rotatable bonds is 10. The molecule has 0 spiro atoms. The van der Waals surface area contributed by atoms with Crippen molar-refractivity contribution in [3.63, 3.8) is 0 Å². The van der Waals surface area contributed by atoms with Crippen LogP contribution in [0, 0.1) is 0 Å². The maximum atomic E-state index is 13.3. The summed E-state index contributed by atoms with van der Waals surface area (Å²) in [6.07, 6.45) is 3.45. The van der Waals surface area contributed by atoms with Gasteiger partial charge in [0.2, 0.25) is 21.4 Å². The molecule has 0 aliphatic heterocycles. The molecule has 0 fully saturated rings. The number of benzene rings is 3. The van der Waals surface area contributed by atoms with Gasteiger partial charge in [0, 0.05) is 11.1 Å². The third-order valence-electron chi connectivity index (χ3n) is 7.71. The Balaban J connectivity index is 1.20. The van der Waals surface area contributed by atoms with Crippen LogP contribution in [0.15, 0.2) is 58.1 Å². The lowest BCUT2D eigenvalue weighted by molar-refractivity contribution is 0.324. The van der Waals surface area contributed by atoms with Crippen molar-refractivity contribution in [1.82, 2.24) is 29.2 Å². The summed E-state index contributed by atoms with van der Waals surface area (Å²) in [6.45, 7) is 0. The topological polar surface area (TPSA) is 150 Å². The smallest absolute Gasteiger partial charge is 0.291 e. The van der Waals surface area contributed by atoms with Gasteiger partial charge in [0.1, 0.15) is 0 Å². The van der Waals surface area contributed by atoms with E-state index in [2.05, 4.69) is 20.2 Å². The molecule has 0 N–H and O–H groups in total. The first kappa shape index (κ1) is 32.5. The number of hydrogen-bond acceptors (Lipinski definition) is 14. The van der Waals surface area contributed by atoms with Crippen molar-refractivity contribution < 1.29 is 28.4 Å². The molecule has 254 valence electrons. The molecule has 7 aromatic rings. The summed E-state index contributed by atoms with van der Waals surface area (Å²) in [5.41, 5.74) is 2.07. The van der Waals surface area contributed by atoms with Gasteiger partial charge in [-0.05, 0) is 53.6 Å². The van der Waals surface area contributed by atoms with Gasteiger partial charge in [0.05, 0.1) is 51.7 Å². The molecule has 14 nitrogen and oxygen atoms in total. The second-order valence-corrected chi connectivity index (χ2v) is 12.6. The highest BCUT2D eigenvalue weighted by molar-refractivity contribution is 7.15. The van der Waals surface area contributed by atoms with Gasteiger partial charge in [-0.15, -0.1) is 10.2 Å². The van der Waals surface area contributed by atoms with Crippen LogP contribution in [-0.4, -0.2) is 71.9 Å². The molecular weight excluding hydrogens is 685 g/mol. The van der Waals surface area contributed by atoms with Crippen molar-refractivity contribution in [3.05, 3.63) is 89.4 Å². The Labute approximate surface area is 291 Å². The molecule has 0 atom stereocenters. The van der Waals surface area contributed by atoms with Crippen molar-refractivity contribution in [2.45, 2.75) is 0 Å². The van der Waals surface area contributed by atoms with E-state index in [0.29, 0.717) is 87.4 Å². The van der Waals surface area contributed by atoms with Crippen LogP contribution in [0.4, 0.5) is 0 Å². The van der Waals surface area contributed by atoms with Gasteiger partial charge in [-0.1, -0.05) is 40.9 Å². The van der Waals surface area contributed by atoms with Crippen LogP contribution in [0.2, 0.25) is 0 Å². The molecule has 0 saturated heterocycles. The first-order valence-corrected chi connectivity index (χ1v) is 16.5. The number of nitrogens with zero attached hydrogens (tertiary/aromatic N) is 6. The fraction of sp³-hybridized carbons (Fsp3) is 0.176. The number of thiazole rings is 2. The zero-order valence-electron chi connectivity index (χ0n) is 27.5. The van der Waals surface area contributed by atoms with Crippen LogP contribution in [0.25, 0.3) is 44.8 Å². The summed E-state index contributed by atoms with van der Waals surface area (Å²) in [5, 5.41) is 9.00. The average molecular weight is 713 g/mol. The molecule has 7 rings (SSSR count). The summed E-state index contributed by atoms with van der Waals surface area (Å²) in [7, 11) is 9.18. The molecule has 0 bridgehead atoms. The summed E-state index contributed by atoms with van der Waals surface area (Å²) < 4.78 is 36.0. The number of fused-ring (bicyclic) bond motifs is 2. The number of hydrogen-bond donors (Lipinski definition) is 0. The van der Waals surface area contributed by atoms with E-state index in [1.165, 1.54) is 74.4 Å². The lowest BCUT2D eigenvalue weighted by Crippen LogP contribution is -2.23. The normalized spacial score (nSPS) is 12.2. The molecule has 0 amide bonds. The Hall–Kier alpha value is -6.00.